The van der Waals surface area contributed by atoms with Crippen LogP contribution >= 0.6 is 0 Å². The summed E-state index contributed by atoms with van der Waals surface area (Å²) >= 11 is 0. The summed E-state index contributed by atoms with van der Waals surface area (Å²) in [6.45, 7) is 3.56. The summed E-state index contributed by atoms with van der Waals surface area (Å²) in [5, 5.41) is 9.74. The van der Waals surface area contributed by atoms with Crippen molar-refractivity contribution in [2.45, 2.75) is 13.8 Å². The zero-order valence-electron chi connectivity index (χ0n) is 11.2. The lowest BCUT2D eigenvalue weighted by Crippen LogP contribution is -2.30. The van der Waals surface area contributed by atoms with E-state index >= 15 is 0 Å². The van der Waals surface area contributed by atoms with Crippen LogP contribution in [0.1, 0.15) is 31.8 Å². The first-order valence-corrected chi connectivity index (χ1v) is 6.28. The molecule has 20 heavy (non-hydrogen) atoms. The lowest BCUT2D eigenvalue weighted by atomic mass is 10.1. The summed E-state index contributed by atoms with van der Waals surface area (Å²) in [6.07, 6.45) is 0. The van der Waals surface area contributed by atoms with Gasteiger partial charge >= 0.3 is 0 Å². The highest BCUT2D eigenvalue weighted by Gasteiger charge is 2.37. The summed E-state index contributed by atoms with van der Waals surface area (Å²) in [5.41, 5.74) is 2.69. The molecule has 1 aliphatic rings. The lowest BCUT2D eigenvalue weighted by Gasteiger charge is -2.17. The molecule has 0 fully saturated rings. The molecule has 0 spiro atoms. The van der Waals surface area contributed by atoms with Crippen molar-refractivity contribution in [3.63, 3.8) is 0 Å². The number of anilines is 1. The van der Waals surface area contributed by atoms with Crippen molar-refractivity contribution in [3.05, 3.63) is 58.7 Å². The number of carbonyl (C=O) groups excluding carboxylic acids is 2. The Morgan fingerprint density at radius 3 is 2.40 bits per heavy atom. The van der Waals surface area contributed by atoms with E-state index in [4.69, 9.17) is 0 Å². The van der Waals surface area contributed by atoms with Crippen LogP contribution in [0.15, 0.2) is 36.4 Å². The molecule has 1 N–H and O–H groups in total. The van der Waals surface area contributed by atoms with Gasteiger partial charge in [0, 0.05) is 5.56 Å². The van der Waals surface area contributed by atoms with Crippen molar-refractivity contribution >= 4 is 17.5 Å². The number of aryl methyl sites for hydroxylation is 1. The number of fused-ring (bicyclic) bond motifs is 1. The smallest absolute Gasteiger partial charge is 0.266 e. The summed E-state index contributed by atoms with van der Waals surface area (Å²) < 4.78 is 0. The Kier molecular flexibility index (Phi) is 2.61. The summed E-state index contributed by atoms with van der Waals surface area (Å²) in [7, 11) is 0. The molecule has 0 atom stereocenters. The molecule has 0 bridgehead atoms. The van der Waals surface area contributed by atoms with Crippen LogP contribution in [0.4, 0.5) is 5.69 Å². The van der Waals surface area contributed by atoms with Crippen LogP contribution in [0.2, 0.25) is 0 Å². The Balaban J connectivity index is 2.17. The first-order valence-electron chi connectivity index (χ1n) is 6.28. The van der Waals surface area contributed by atoms with Crippen molar-refractivity contribution in [2.24, 2.45) is 0 Å². The number of phenols is 1. The van der Waals surface area contributed by atoms with Gasteiger partial charge in [-0.05, 0) is 38.1 Å². The first kappa shape index (κ1) is 12.4. The van der Waals surface area contributed by atoms with Crippen LogP contribution < -0.4 is 4.90 Å². The molecular weight excluding hydrogens is 254 g/mol. The SMILES string of the molecule is Cc1ccc2c(c1)C(=O)N(c1cccc(O)c1C)C2=O. The van der Waals surface area contributed by atoms with Crippen LogP contribution in [0.25, 0.3) is 0 Å². The Hall–Kier alpha value is -2.62. The maximum atomic E-state index is 12.4. The number of rotatable bonds is 1. The first-order chi connectivity index (χ1) is 9.50. The molecule has 2 amide bonds. The fourth-order valence-electron chi connectivity index (χ4n) is 2.43. The number of nitrogens with zero attached hydrogens (tertiary/aromatic N) is 1. The van der Waals surface area contributed by atoms with Crippen molar-refractivity contribution < 1.29 is 14.7 Å². The predicted molar refractivity (Wildman–Crippen MR) is 75.2 cm³/mol. The highest BCUT2D eigenvalue weighted by molar-refractivity contribution is 6.34. The minimum atomic E-state index is -0.348. The molecule has 0 radical (unpaired) electrons. The van der Waals surface area contributed by atoms with Gasteiger partial charge in [0.1, 0.15) is 5.75 Å². The van der Waals surface area contributed by atoms with Gasteiger partial charge in [0.25, 0.3) is 11.8 Å². The summed E-state index contributed by atoms with van der Waals surface area (Å²) in [6, 6.07) is 10.00. The second-order valence-corrected chi connectivity index (χ2v) is 4.92. The second kappa shape index (κ2) is 4.20. The standard InChI is InChI=1S/C16H13NO3/c1-9-6-7-11-12(8-9)16(20)17(15(11)19)13-4-3-5-14(18)10(13)2/h3-8,18H,1-2H3. The highest BCUT2D eigenvalue weighted by atomic mass is 16.3. The topological polar surface area (TPSA) is 57.6 Å². The van der Waals surface area contributed by atoms with Gasteiger partial charge in [0.05, 0.1) is 16.8 Å². The van der Waals surface area contributed by atoms with Crippen LogP contribution in [-0.4, -0.2) is 16.9 Å². The van der Waals surface area contributed by atoms with Crippen LogP contribution in [0.5, 0.6) is 5.75 Å². The molecule has 2 aromatic rings. The van der Waals surface area contributed by atoms with Gasteiger partial charge in [-0.25, -0.2) is 4.90 Å². The van der Waals surface area contributed by atoms with Crippen LogP contribution in [0, 0.1) is 13.8 Å². The van der Waals surface area contributed by atoms with E-state index in [2.05, 4.69) is 0 Å². The van der Waals surface area contributed by atoms with Gasteiger partial charge in [-0.3, -0.25) is 9.59 Å². The summed E-state index contributed by atoms with van der Waals surface area (Å²) in [4.78, 5) is 26.0. The molecule has 1 aliphatic heterocycles. The second-order valence-electron chi connectivity index (χ2n) is 4.92. The van der Waals surface area contributed by atoms with E-state index in [0.29, 0.717) is 22.4 Å². The van der Waals surface area contributed by atoms with E-state index in [-0.39, 0.29) is 17.6 Å². The molecule has 0 aromatic heterocycles. The molecule has 4 heteroatoms. The fourth-order valence-corrected chi connectivity index (χ4v) is 2.43. The van der Waals surface area contributed by atoms with Gasteiger partial charge in [-0.1, -0.05) is 17.7 Å². The molecular formula is C16H13NO3. The Morgan fingerprint density at radius 2 is 1.65 bits per heavy atom. The maximum Gasteiger partial charge on any atom is 0.266 e. The minimum absolute atomic E-state index is 0.0650. The summed E-state index contributed by atoms with van der Waals surface area (Å²) in [5.74, 6) is -0.628. The average molecular weight is 267 g/mol. The van der Waals surface area contributed by atoms with Crippen LogP contribution in [-0.2, 0) is 0 Å². The molecule has 0 unspecified atom stereocenters. The predicted octanol–water partition coefficient (Wildman–Crippen LogP) is 2.81. The highest BCUT2D eigenvalue weighted by Crippen LogP contribution is 2.33. The molecule has 0 aliphatic carbocycles. The van der Waals surface area contributed by atoms with Gasteiger partial charge in [0.15, 0.2) is 0 Å². The fraction of sp³-hybridized carbons (Fsp3) is 0.125. The monoisotopic (exact) mass is 267 g/mol. The minimum Gasteiger partial charge on any atom is -0.508 e. The molecule has 100 valence electrons. The number of carbonyl (C=O) groups is 2. The molecule has 2 aromatic carbocycles. The molecule has 3 rings (SSSR count). The molecule has 4 nitrogen and oxygen atoms in total. The Labute approximate surface area is 116 Å². The van der Waals surface area contributed by atoms with Gasteiger partial charge < -0.3 is 5.11 Å². The van der Waals surface area contributed by atoms with Gasteiger partial charge in [-0.15, -0.1) is 0 Å². The third-order valence-corrected chi connectivity index (χ3v) is 3.56. The van der Waals surface area contributed by atoms with Crippen molar-refractivity contribution in [3.8, 4) is 5.75 Å². The van der Waals surface area contributed by atoms with E-state index in [1.54, 1.807) is 31.2 Å². The van der Waals surface area contributed by atoms with Gasteiger partial charge in [-0.2, -0.15) is 0 Å². The maximum absolute atomic E-state index is 12.4. The zero-order valence-corrected chi connectivity index (χ0v) is 11.2. The number of aromatic hydroxyl groups is 1. The molecule has 1 heterocycles. The Bertz CT molecular complexity index is 749. The lowest BCUT2D eigenvalue weighted by molar-refractivity contribution is 0.0926. The third kappa shape index (κ3) is 1.61. The number of benzene rings is 2. The Morgan fingerprint density at radius 1 is 0.950 bits per heavy atom. The number of amides is 2. The number of hydrogen-bond donors (Lipinski definition) is 1. The van der Waals surface area contributed by atoms with E-state index in [0.717, 1.165) is 10.5 Å². The number of phenolic OH excluding ortho intramolecular Hbond substituents is 1. The van der Waals surface area contributed by atoms with E-state index in [1.165, 1.54) is 6.07 Å². The number of imide groups is 1. The van der Waals surface area contributed by atoms with Crippen molar-refractivity contribution in [1.29, 1.82) is 0 Å². The number of hydrogen-bond acceptors (Lipinski definition) is 3. The van der Waals surface area contributed by atoms with E-state index in [1.807, 2.05) is 13.0 Å². The average Bonchev–Trinajstić information content (AvgIpc) is 2.65. The van der Waals surface area contributed by atoms with E-state index in [9.17, 15) is 14.7 Å². The largest absolute Gasteiger partial charge is 0.508 e. The van der Waals surface area contributed by atoms with E-state index < -0.39 is 0 Å². The quantitative estimate of drug-likeness (QED) is 0.808. The normalized spacial score (nSPS) is 13.8. The van der Waals surface area contributed by atoms with Crippen LogP contribution in [0.3, 0.4) is 0 Å². The van der Waals surface area contributed by atoms with Crippen molar-refractivity contribution in [2.75, 3.05) is 4.90 Å². The zero-order chi connectivity index (χ0) is 14.4. The third-order valence-electron chi connectivity index (χ3n) is 3.56. The molecule has 0 saturated carbocycles. The molecule has 0 saturated heterocycles. The van der Waals surface area contributed by atoms with Gasteiger partial charge in [0.2, 0.25) is 0 Å². The van der Waals surface area contributed by atoms with Crippen molar-refractivity contribution in [1.82, 2.24) is 0 Å².